The molecule has 3 heteroatoms. The molecule has 0 unspecified atom stereocenters. The molecule has 19 heavy (non-hydrogen) atoms. The molecule has 1 aliphatic rings. The lowest BCUT2D eigenvalue weighted by Crippen LogP contribution is -2.14. The summed E-state index contributed by atoms with van der Waals surface area (Å²) < 4.78 is 12.8. The van der Waals surface area contributed by atoms with Crippen molar-refractivity contribution in [2.45, 2.75) is 35.2 Å². The summed E-state index contributed by atoms with van der Waals surface area (Å²) in [7, 11) is 0. The van der Waals surface area contributed by atoms with Gasteiger partial charge in [-0.05, 0) is 54.8 Å². The number of hydrogen-bond donors (Lipinski definition) is 1. The molecule has 0 spiro atoms. The minimum Gasteiger partial charge on any atom is -0.310 e. The fraction of sp³-hybridized carbons (Fsp3) is 0.250. The molecule has 1 fully saturated rings. The lowest BCUT2D eigenvalue weighted by Gasteiger charge is -2.05. The van der Waals surface area contributed by atoms with Crippen LogP contribution in [0.3, 0.4) is 0 Å². The highest BCUT2D eigenvalue weighted by molar-refractivity contribution is 7.99. The standard InChI is InChI=1S/C16H16FNS/c17-13-3-9-16(10-4-13)19-15-7-1-12(2-8-15)11-18-14-5-6-14/h1-4,7-10,14,18H,5-6,11H2. The number of nitrogens with one attached hydrogen (secondary N) is 1. The Morgan fingerprint density at radius 1 is 0.947 bits per heavy atom. The van der Waals surface area contributed by atoms with Gasteiger partial charge in [0, 0.05) is 22.4 Å². The van der Waals surface area contributed by atoms with Crippen molar-refractivity contribution in [3.63, 3.8) is 0 Å². The van der Waals surface area contributed by atoms with Gasteiger partial charge in [-0.2, -0.15) is 0 Å². The zero-order valence-corrected chi connectivity index (χ0v) is 11.4. The number of rotatable bonds is 5. The van der Waals surface area contributed by atoms with Crippen molar-refractivity contribution < 1.29 is 4.39 Å². The maximum absolute atomic E-state index is 12.8. The van der Waals surface area contributed by atoms with Gasteiger partial charge in [0.2, 0.25) is 0 Å². The van der Waals surface area contributed by atoms with Crippen LogP contribution < -0.4 is 5.32 Å². The third-order valence-electron chi connectivity index (χ3n) is 3.14. The molecule has 1 nitrogen and oxygen atoms in total. The second-order valence-electron chi connectivity index (χ2n) is 4.86. The zero-order chi connectivity index (χ0) is 13.1. The molecule has 3 rings (SSSR count). The third kappa shape index (κ3) is 3.82. The molecule has 1 saturated carbocycles. The van der Waals surface area contributed by atoms with E-state index in [2.05, 4.69) is 29.6 Å². The molecule has 1 aliphatic carbocycles. The Labute approximate surface area is 117 Å². The van der Waals surface area contributed by atoms with Crippen LogP contribution in [0.4, 0.5) is 4.39 Å². The molecule has 1 N–H and O–H groups in total. The monoisotopic (exact) mass is 273 g/mol. The van der Waals surface area contributed by atoms with Crippen LogP contribution in [0.5, 0.6) is 0 Å². The minimum absolute atomic E-state index is 0.189. The molecule has 2 aromatic carbocycles. The van der Waals surface area contributed by atoms with E-state index in [0.717, 1.165) is 17.5 Å². The number of hydrogen-bond acceptors (Lipinski definition) is 2. The SMILES string of the molecule is Fc1ccc(Sc2ccc(CNC3CC3)cc2)cc1. The average Bonchev–Trinajstić information content (AvgIpc) is 3.25. The van der Waals surface area contributed by atoms with Crippen LogP contribution in [-0.4, -0.2) is 6.04 Å². The van der Waals surface area contributed by atoms with Gasteiger partial charge in [-0.1, -0.05) is 23.9 Å². The third-order valence-corrected chi connectivity index (χ3v) is 4.16. The van der Waals surface area contributed by atoms with Gasteiger partial charge in [0.15, 0.2) is 0 Å². The van der Waals surface area contributed by atoms with Gasteiger partial charge >= 0.3 is 0 Å². The Morgan fingerprint density at radius 2 is 1.53 bits per heavy atom. The molecule has 0 aromatic heterocycles. The molecule has 0 aliphatic heterocycles. The molecular weight excluding hydrogens is 257 g/mol. The molecule has 0 bridgehead atoms. The summed E-state index contributed by atoms with van der Waals surface area (Å²) >= 11 is 1.65. The first-order valence-electron chi connectivity index (χ1n) is 6.55. The van der Waals surface area contributed by atoms with Crippen molar-refractivity contribution in [2.75, 3.05) is 0 Å². The zero-order valence-electron chi connectivity index (χ0n) is 10.6. The van der Waals surface area contributed by atoms with Crippen LogP contribution in [-0.2, 0) is 6.54 Å². The summed E-state index contributed by atoms with van der Waals surface area (Å²) in [5, 5.41) is 3.50. The molecular formula is C16H16FNS. The average molecular weight is 273 g/mol. The molecule has 0 heterocycles. The Balaban J connectivity index is 1.59. The molecule has 0 amide bonds. The van der Waals surface area contributed by atoms with Gasteiger partial charge in [-0.3, -0.25) is 0 Å². The maximum atomic E-state index is 12.8. The smallest absolute Gasteiger partial charge is 0.123 e. The molecule has 0 saturated heterocycles. The van der Waals surface area contributed by atoms with Crippen LogP contribution in [0, 0.1) is 5.82 Å². The Kier molecular flexibility index (Phi) is 3.85. The van der Waals surface area contributed by atoms with Gasteiger partial charge in [0.1, 0.15) is 5.82 Å². The Hall–Kier alpha value is -1.32. The lowest BCUT2D eigenvalue weighted by atomic mass is 10.2. The highest BCUT2D eigenvalue weighted by Crippen LogP contribution is 2.28. The highest BCUT2D eigenvalue weighted by Gasteiger charge is 2.19. The normalized spacial score (nSPS) is 14.6. The summed E-state index contributed by atoms with van der Waals surface area (Å²) in [4.78, 5) is 2.24. The van der Waals surface area contributed by atoms with Crippen LogP contribution in [0.2, 0.25) is 0 Å². The van der Waals surface area contributed by atoms with E-state index in [4.69, 9.17) is 0 Å². The highest BCUT2D eigenvalue weighted by atomic mass is 32.2. The Bertz CT molecular complexity index is 532. The first kappa shape index (κ1) is 12.7. The fourth-order valence-electron chi connectivity index (χ4n) is 1.86. The summed E-state index contributed by atoms with van der Waals surface area (Å²) in [6.45, 7) is 0.951. The first-order chi connectivity index (χ1) is 9.29. The molecule has 0 atom stereocenters. The molecule has 98 valence electrons. The summed E-state index contributed by atoms with van der Waals surface area (Å²) in [6.07, 6.45) is 2.64. The van der Waals surface area contributed by atoms with Crippen molar-refractivity contribution in [1.82, 2.24) is 5.32 Å². The second-order valence-corrected chi connectivity index (χ2v) is 6.00. The van der Waals surface area contributed by atoms with Gasteiger partial charge in [0.25, 0.3) is 0 Å². The first-order valence-corrected chi connectivity index (χ1v) is 7.37. The second kappa shape index (κ2) is 5.76. The minimum atomic E-state index is -0.189. The maximum Gasteiger partial charge on any atom is 0.123 e. The fourth-order valence-corrected chi connectivity index (χ4v) is 2.68. The van der Waals surface area contributed by atoms with Crippen molar-refractivity contribution in [2.24, 2.45) is 0 Å². The summed E-state index contributed by atoms with van der Waals surface area (Å²) in [5.74, 6) is -0.189. The van der Waals surface area contributed by atoms with E-state index in [1.165, 1.54) is 35.4 Å². The largest absolute Gasteiger partial charge is 0.310 e. The van der Waals surface area contributed by atoms with Crippen LogP contribution in [0.1, 0.15) is 18.4 Å². The number of benzene rings is 2. The molecule has 0 radical (unpaired) electrons. The van der Waals surface area contributed by atoms with Gasteiger partial charge in [-0.25, -0.2) is 4.39 Å². The van der Waals surface area contributed by atoms with Crippen molar-refractivity contribution in [3.05, 3.63) is 59.9 Å². The quantitative estimate of drug-likeness (QED) is 0.875. The van der Waals surface area contributed by atoms with E-state index in [0.29, 0.717) is 0 Å². The van der Waals surface area contributed by atoms with E-state index in [1.54, 1.807) is 11.8 Å². The van der Waals surface area contributed by atoms with Gasteiger partial charge < -0.3 is 5.32 Å². The predicted octanol–water partition coefficient (Wildman–Crippen LogP) is 4.23. The van der Waals surface area contributed by atoms with Crippen LogP contribution in [0.25, 0.3) is 0 Å². The van der Waals surface area contributed by atoms with Crippen molar-refractivity contribution in [3.8, 4) is 0 Å². The van der Waals surface area contributed by atoms with E-state index < -0.39 is 0 Å². The van der Waals surface area contributed by atoms with Crippen LogP contribution in [0.15, 0.2) is 58.3 Å². The van der Waals surface area contributed by atoms with Gasteiger partial charge in [0.05, 0.1) is 0 Å². The van der Waals surface area contributed by atoms with Crippen LogP contribution >= 0.6 is 11.8 Å². The van der Waals surface area contributed by atoms with E-state index in [1.807, 2.05) is 12.1 Å². The lowest BCUT2D eigenvalue weighted by molar-refractivity contribution is 0.626. The summed E-state index contributed by atoms with van der Waals surface area (Å²) in [6, 6.07) is 15.9. The molecule has 2 aromatic rings. The predicted molar refractivity (Wildman–Crippen MR) is 76.8 cm³/mol. The van der Waals surface area contributed by atoms with E-state index in [9.17, 15) is 4.39 Å². The number of halogens is 1. The van der Waals surface area contributed by atoms with Gasteiger partial charge in [-0.15, -0.1) is 0 Å². The topological polar surface area (TPSA) is 12.0 Å². The Morgan fingerprint density at radius 3 is 2.11 bits per heavy atom. The van der Waals surface area contributed by atoms with E-state index >= 15 is 0 Å². The van der Waals surface area contributed by atoms with Crippen molar-refractivity contribution in [1.29, 1.82) is 0 Å². The van der Waals surface area contributed by atoms with Crippen molar-refractivity contribution >= 4 is 11.8 Å². The summed E-state index contributed by atoms with van der Waals surface area (Å²) in [5.41, 5.74) is 1.32. The van der Waals surface area contributed by atoms with E-state index in [-0.39, 0.29) is 5.82 Å².